The number of hydrogen-bond donors (Lipinski definition) is 0. The maximum atomic E-state index is 12.6. The predicted octanol–water partition coefficient (Wildman–Crippen LogP) is 2.54. The van der Waals surface area contributed by atoms with E-state index in [2.05, 4.69) is 0 Å². The summed E-state index contributed by atoms with van der Waals surface area (Å²) in [6.07, 6.45) is -0.231. The molecule has 1 aromatic carbocycles. The molecule has 0 spiro atoms. The Kier molecular flexibility index (Phi) is 5.45. The molecule has 1 heterocycles. The van der Waals surface area contributed by atoms with Gasteiger partial charge in [0.15, 0.2) is 11.5 Å². The van der Waals surface area contributed by atoms with E-state index in [0.717, 1.165) is 11.1 Å². The van der Waals surface area contributed by atoms with E-state index in [-0.39, 0.29) is 6.54 Å². The van der Waals surface area contributed by atoms with Crippen molar-refractivity contribution < 1.29 is 28.5 Å². The molecule has 7 heteroatoms. The third-order valence-electron chi connectivity index (χ3n) is 3.94. The van der Waals surface area contributed by atoms with E-state index in [1.807, 2.05) is 12.1 Å². The minimum absolute atomic E-state index is 0.227. The summed E-state index contributed by atoms with van der Waals surface area (Å²) in [6.45, 7) is 5.57. The van der Waals surface area contributed by atoms with Crippen molar-refractivity contribution in [1.29, 1.82) is 0 Å². The monoisotopic (exact) mass is 351 g/mol. The molecule has 0 aliphatic carbocycles. The average Bonchev–Trinajstić information content (AvgIpc) is 2.56. The maximum absolute atomic E-state index is 12.6. The summed E-state index contributed by atoms with van der Waals surface area (Å²) in [7, 11) is 4.41. The van der Waals surface area contributed by atoms with Crippen LogP contribution in [0, 0.1) is 0 Å². The topological polar surface area (TPSA) is 74.3 Å². The van der Waals surface area contributed by atoms with Gasteiger partial charge in [0.25, 0.3) is 0 Å². The Bertz CT molecular complexity index is 664. The molecule has 0 bridgehead atoms. The number of benzene rings is 1. The van der Waals surface area contributed by atoms with Crippen molar-refractivity contribution in [2.45, 2.75) is 45.4 Å². The second-order valence-electron chi connectivity index (χ2n) is 6.83. The van der Waals surface area contributed by atoms with Crippen LogP contribution in [0.3, 0.4) is 0 Å². The quantitative estimate of drug-likeness (QED) is 0.779. The SMILES string of the molecule is COC(=O)C1Cc2cc(OC)c(OC)cc2CN1C(=O)OC(C)(C)C. The molecule has 0 N–H and O–H groups in total. The van der Waals surface area contributed by atoms with Crippen molar-refractivity contribution in [2.24, 2.45) is 0 Å². The van der Waals surface area contributed by atoms with Gasteiger partial charge in [-0.3, -0.25) is 4.90 Å². The zero-order valence-electron chi connectivity index (χ0n) is 15.5. The van der Waals surface area contributed by atoms with Crippen LogP contribution in [0.1, 0.15) is 31.9 Å². The summed E-state index contributed by atoms with van der Waals surface area (Å²) in [4.78, 5) is 26.2. The molecule has 1 atom stereocenters. The lowest BCUT2D eigenvalue weighted by Gasteiger charge is -2.36. The van der Waals surface area contributed by atoms with E-state index in [4.69, 9.17) is 18.9 Å². The van der Waals surface area contributed by atoms with E-state index in [1.165, 1.54) is 12.0 Å². The molecule has 25 heavy (non-hydrogen) atoms. The highest BCUT2D eigenvalue weighted by Crippen LogP contribution is 2.35. The molecule has 1 unspecified atom stereocenters. The van der Waals surface area contributed by atoms with Crippen molar-refractivity contribution >= 4 is 12.1 Å². The first-order chi connectivity index (χ1) is 11.7. The minimum Gasteiger partial charge on any atom is -0.493 e. The minimum atomic E-state index is -0.745. The number of carbonyl (C=O) groups excluding carboxylic acids is 2. The fraction of sp³-hybridized carbons (Fsp3) is 0.556. The van der Waals surface area contributed by atoms with Gasteiger partial charge in [0.1, 0.15) is 11.6 Å². The highest BCUT2D eigenvalue weighted by atomic mass is 16.6. The summed E-state index contributed by atoms with van der Waals surface area (Å²) < 4.78 is 21.0. The number of esters is 1. The molecular weight excluding hydrogens is 326 g/mol. The molecule has 0 saturated carbocycles. The van der Waals surface area contributed by atoms with Gasteiger partial charge in [-0.2, -0.15) is 0 Å². The molecule has 0 radical (unpaired) electrons. The average molecular weight is 351 g/mol. The lowest BCUT2D eigenvalue weighted by molar-refractivity contribution is -0.147. The third kappa shape index (κ3) is 4.15. The van der Waals surface area contributed by atoms with Gasteiger partial charge < -0.3 is 18.9 Å². The molecule has 1 amide bonds. The van der Waals surface area contributed by atoms with Gasteiger partial charge in [-0.1, -0.05) is 0 Å². The standard InChI is InChI=1S/C18H25NO6/c1-18(2,3)25-17(21)19-10-12-9-15(23-5)14(22-4)8-11(12)7-13(19)16(20)24-6/h8-9,13H,7,10H2,1-6H3. The number of rotatable bonds is 3. The number of ether oxygens (including phenoxy) is 4. The largest absolute Gasteiger partial charge is 0.493 e. The van der Waals surface area contributed by atoms with Crippen molar-refractivity contribution in [3.63, 3.8) is 0 Å². The Labute approximate surface area is 147 Å². The summed E-state index contributed by atoms with van der Waals surface area (Å²) in [5, 5.41) is 0. The zero-order chi connectivity index (χ0) is 18.8. The van der Waals surface area contributed by atoms with Crippen LogP contribution in [0.25, 0.3) is 0 Å². The first-order valence-electron chi connectivity index (χ1n) is 8.01. The Morgan fingerprint density at radius 2 is 1.60 bits per heavy atom. The molecule has 138 valence electrons. The van der Waals surface area contributed by atoms with Crippen molar-refractivity contribution in [1.82, 2.24) is 4.90 Å². The fourth-order valence-corrected chi connectivity index (χ4v) is 2.77. The van der Waals surface area contributed by atoms with E-state index in [9.17, 15) is 9.59 Å². The number of nitrogens with zero attached hydrogens (tertiary/aromatic N) is 1. The Hall–Kier alpha value is -2.44. The van der Waals surface area contributed by atoms with Gasteiger partial charge in [-0.05, 0) is 44.0 Å². The maximum Gasteiger partial charge on any atom is 0.411 e. The Balaban J connectivity index is 2.40. The molecular formula is C18H25NO6. The van der Waals surface area contributed by atoms with Crippen molar-refractivity contribution in [2.75, 3.05) is 21.3 Å². The molecule has 2 rings (SSSR count). The van der Waals surface area contributed by atoms with Crippen LogP contribution in [-0.2, 0) is 27.2 Å². The van der Waals surface area contributed by atoms with E-state index in [1.54, 1.807) is 35.0 Å². The molecule has 0 aromatic heterocycles. The van der Waals surface area contributed by atoms with Crippen LogP contribution in [-0.4, -0.2) is 49.9 Å². The molecule has 1 aliphatic rings. The predicted molar refractivity (Wildman–Crippen MR) is 90.8 cm³/mol. The molecule has 1 aromatic rings. The first-order valence-corrected chi connectivity index (χ1v) is 8.01. The Morgan fingerprint density at radius 1 is 1.04 bits per heavy atom. The smallest absolute Gasteiger partial charge is 0.411 e. The van der Waals surface area contributed by atoms with E-state index in [0.29, 0.717) is 17.9 Å². The number of amides is 1. The molecule has 0 fully saturated rings. The summed E-state index contributed by atoms with van der Waals surface area (Å²) in [5.41, 5.74) is 1.13. The molecule has 7 nitrogen and oxygen atoms in total. The van der Waals surface area contributed by atoms with E-state index >= 15 is 0 Å². The highest BCUT2D eigenvalue weighted by molar-refractivity contribution is 5.82. The highest BCUT2D eigenvalue weighted by Gasteiger charge is 2.38. The van der Waals surface area contributed by atoms with Gasteiger partial charge >= 0.3 is 12.1 Å². The van der Waals surface area contributed by atoms with Gasteiger partial charge in [0.2, 0.25) is 0 Å². The van der Waals surface area contributed by atoms with E-state index < -0.39 is 23.7 Å². The number of fused-ring (bicyclic) bond motifs is 1. The lowest BCUT2D eigenvalue weighted by atomic mass is 9.93. The third-order valence-corrected chi connectivity index (χ3v) is 3.94. The molecule has 0 saturated heterocycles. The second-order valence-corrected chi connectivity index (χ2v) is 6.83. The van der Waals surface area contributed by atoms with Crippen LogP contribution in [0.4, 0.5) is 4.79 Å². The van der Waals surface area contributed by atoms with Crippen molar-refractivity contribution in [3.05, 3.63) is 23.3 Å². The van der Waals surface area contributed by atoms with Gasteiger partial charge in [-0.25, -0.2) is 9.59 Å². The van der Waals surface area contributed by atoms with Crippen LogP contribution in [0.5, 0.6) is 11.5 Å². The Morgan fingerprint density at radius 3 is 2.08 bits per heavy atom. The second kappa shape index (κ2) is 7.21. The van der Waals surface area contributed by atoms with Gasteiger partial charge in [0, 0.05) is 6.42 Å². The number of hydrogen-bond acceptors (Lipinski definition) is 6. The fourth-order valence-electron chi connectivity index (χ4n) is 2.77. The number of carbonyl (C=O) groups is 2. The van der Waals surface area contributed by atoms with Crippen LogP contribution in [0.2, 0.25) is 0 Å². The normalized spacial score (nSPS) is 16.7. The summed E-state index contributed by atoms with van der Waals surface area (Å²) >= 11 is 0. The summed E-state index contributed by atoms with van der Waals surface area (Å²) in [5.74, 6) is 0.670. The van der Waals surface area contributed by atoms with Gasteiger partial charge in [0.05, 0.1) is 27.9 Å². The summed E-state index contributed by atoms with van der Waals surface area (Å²) in [6, 6.07) is 2.90. The van der Waals surface area contributed by atoms with Crippen LogP contribution < -0.4 is 9.47 Å². The lowest BCUT2D eigenvalue weighted by Crippen LogP contribution is -2.50. The number of methoxy groups -OCH3 is 3. The first kappa shape index (κ1) is 18.9. The van der Waals surface area contributed by atoms with Crippen molar-refractivity contribution in [3.8, 4) is 11.5 Å². The molecule has 1 aliphatic heterocycles. The zero-order valence-corrected chi connectivity index (χ0v) is 15.5. The van der Waals surface area contributed by atoms with Crippen LogP contribution >= 0.6 is 0 Å². The van der Waals surface area contributed by atoms with Gasteiger partial charge in [-0.15, -0.1) is 0 Å². The van der Waals surface area contributed by atoms with Crippen LogP contribution in [0.15, 0.2) is 12.1 Å².